The van der Waals surface area contributed by atoms with E-state index in [4.69, 9.17) is 4.74 Å². The number of aliphatic imine (C=N–C) groups is 1. The third-order valence-corrected chi connectivity index (χ3v) is 4.99. The summed E-state index contributed by atoms with van der Waals surface area (Å²) < 4.78 is 5.72. The van der Waals surface area contributed by atoms with Gasteiger partial charge in [0.25, 0.3) is 5.91 Å². The molecule has 1 aliphatic rings. The number of nitrogens with zero attached hydrogens (tertiary/aromatic N) is 2. The van der Waals surface area contributed by atoms with Gasteiger partial charge in [0.05, 0.1) is 6.54 Å². The van der Waals surface area contributed by atoms with Gasteiger partial charge in [-0.05, 0) is 69.5 Å². The molecule has 2 aromatic rings. The van der Waals surface area contributed by atoms with Crippen LogP contribution in [0.1, 0.15) is 38.8 Å². The van der Waals surface area contributed by atoms with Crippen LogP contribution in [0.4, 0.5) is 5.69 Å². The van der Waals surface area contributed by atoms with Crippen LogP contribution in [0, 0.1) is 0 Å². The molecular weight excluding hydrogens is 412 g/mol. The van der Waals surface area contributed by atoms with Gasteiger partial charge in [-0.15, -0.1) is 12.4 Å². The average Bonchev–Trinajstić information content (AvgIpc) is 3.21. The highest BCUT2D eigenvalue weighted by molar-refractivity contribution is 5.94. The summed E-state index contributed by atoms with van der Waals surface area (Å²) in [5.74, 6) is 1.56. The predicted molar refractivity (Wildman–Crippen MR) is 129 cm³/mol. The first-order chi connectivity index (χ1) is 14.4. The summed E-state index contributed by atoms with van der Waals surface area (Å²) in [5.41, 5.74) is 3.45. The number of halogens is 1. The van der Waals surface area contributed by atoms with Crippen molar-refractivity contribution >= 4 is 30.0 Å². The van der Waals surface area contributed by atoms with Crippen molar-refractivity contribution in [3.63, 3.8) is 0 Å². The molecule has 2 N–H and O–H groups in total. The maximum atomic E-state index is 12.4. The fourth-order valence-corrected chi connectivity index (χ4v) is 3.66. The molecule has 31 heavy (non-hydrogen) atoms. The molecule has 0 saturated heterocycles. The van der Waals surface area contributed by atoms with E-state index in [1.54, 1.807) is 0 Å². The fraction of sp³-hybridized carbons (Fsp3) is 0.417. The van der Waals surface area contributed by atoms with E-state index in [0.29, 0.717) is 5.75 Å². The summed E-state index contributed by atoms with van der Waals surface area (Å²) >= 11 is 0. The van der Waals surface area contributed by atoms with E-state index >= 15 is 0 Å². The standard InChI is InChI=1S/C24H32N4O2.ClH/c1-17(2)28(18(3)4)23(29)16-30-22-11-7-20(8-12-22)15-19-5-9-21(10-6-19)27-24-25-13-14-26-24;/h5-12,17-18H,13-16H2,1-4H3,(H2,25,26,27);1H. The lowest BCUT2D eigenvalue weighted by Gasteiger charge is -2.30. The molecular formula is C24H33ClN4O2. The lowest BCUT2D eigenvalue weighted by Crippen LogP contribution is -2.44. The number of carbonyl (C=O) groups excluding carboxylic acids is 1. The molecule has 0 atom stereocenters. The monoisotopic (exact) mass is 444 g/mol. The Balaban J connectivity index is 0.00000341. The molecule has 1 heterocycles. The third kappa shape index (κ3) is 7.17. The zero-order valence-electron chi connectivity index (χ0n) is 18.7. The van der Waals surface area contributed by atoms with E-state index in [1.165, 1.54) is 11.1 Å². The number of amides is 1. The Morgan fingerprint density at radius 3 is 2.13 bits per heavy atom. The number of carbonyl (C=O) groups is 1. The summed E-state index contributed by atoms with van der Waals surface area (Å²) in [7, 11) is 0. The minimum absolute atomic E-state index is 0. The van der Waals surface area contributed by atoms with E-state index in [1.807, 2.05) is 56.9 Å². The van der Waals surface area contributed by atoms with E-state index in [0.717, 1.165) is 31.2 Å². The molecule has 0 aromatic heterocycles. The Morgan fingerprint density at radius 1 is 1.03 bits per heavy atom. The largest absolute Gasteiger partial charge is 0.484 e. The fourth-order valence-electron chi connectivity index (χ4n) is 3.66. The Hall–Kier alpha value is -2.73. The molecule has 7 heteroatoms. The number of hydrogen-bond donors (Lipinski definition) is 2. The molecule has 1 amide bonds. The van der Waals surface area contributed by atoms with Gasteiger partial charge in [0.2, 0.25) is 0 Å². The SMILES string of the molecule is CC(C)N(C(=O)COc1ccc(Cc2ccc(NC3=NCCN3)cc2)cc1)C(C)C.Cl. The van der Waals surface area contributed by atoms with Crippen LogP contribution in [0.5, 0.6) is 5.75 Å². The van der Waals surface area contributed by atoms with Crippen molar-refractivity contribution in [2.24, 2.45) is 4.99 Å². The molecule has 0 saturated carbocycles. The predicted octanol–water partition coefficient (Wildman–Crippen LogP) is 4.09. The van der Waals surface area contributed by atoms with Crippen molar-refractivity contribution in [3.05, 3.63) is 59.7 Å². The maximum absolute atomic E-state index is 12.4. The minimum Gasteiger partial charge on any atom is -0.484 e. The molecule has 0 spiro atoms. The molecule has 0 radical (unpaired) electrons. The molecule has 6 nitrogen and oxygen atoms in total. The van der Waals surface area contributed by atoms with Gasteiger partial charge in [-0.2, -0.15) is 0 Å². The van der Waals surface area contributed by atoms with Crippen LogP contribution in [0.3, 0.4) is 0 Å². The van der Waals surface area contributed by atoms with Crippen LogP contribution in [-0.4, -0.2) is 48.5 Å². The second-order valence-electron chi connectivity index (χ2n) is 8.08. The molecule has 2 aromatic carbocycles. The first kappa shape index (κ1) is 24.5. The van der Waals surface area contributed by atoms with Crippen LogP contribution < -0.4 is 15.4 Å². The number of nitrogens with one attached hydrogen (secondary N) is 2. The van der Waals surface area contributed by atoms with E-state index < -0.39 is 0 Å². The van der Waals surface area contributed by atoms with Crippen molar-refractivity contribution in [2.45, 2.75) is 46.2 Å². The Bertz CT molecular complexity index is 856. The molecule has 1 aliphatic heterocycles. The lowest BCUT2D eigenvalue weighted by molar-refractivity contribution is -0.136. The summed E-state index contributed by atoms with van der Waals surface area (Å²) in [5, 5.41) is 6.48. The quantitative estimate of drug-likeness (QED) is 0.643. The molecule has 0 aliphatic carbocycles. The Labute approximate surface area is 191 Å². The van der Waals surface area contributed by atoms with Crippen molar-refractivity contribution in [1.82, 2.24) is 10.2 Å². The molecule has 0 unspecified atom stereocenters. The van der Waals surface area contributed by atoms with Gasteiger partial charge < -0.3 is 20.3 Å². The van der Waals surface area contributed by atoms with Crippen LogP contribution in [0.2, 0.25) is 0 Å². The van der Waals surface area contributed by atoms with E-state index in [9.17, 15) is 4.79 Å². The van der Waals surface area contributed by atoms with Gasteiger partial charge in [0.15, 0.2) is 12.6 Å². The van der Waals surface area contributed by atoms with Crippen LogP contribution in [-0.2, 0) is 11.2 Å². The minimum atomic E-state index is 0. The summed E-state index contributed by atoms with van der Waals surface area (Å²) in [6.45, 7) is 9.86. The van der Waals surface area contributed by atoms with Crippen LogP contribution in [0.15, 0.2) is 53.5 Å². The van der Waals surface area contributed by atoms with Gasteiger partial charge in [0, 0.05) is 24.3 Å². The smallest absolute Gasteiger partial charge is 0.260 e. The molecule has 3 rings (SSSR count). The zero-order chi connectivity index (χ0) is 21.5. The third-order valence-electron chi connectivity index (χ3n) is 4.99. The lowest BCUT2D eigenvalue weighted by atomic mass is 10.0. The van der Waals surface area contributed by atoms with E-state index in [2.05, 4.69) is 39.9 Å². The highest BCUT2D eigenvalue weighted by atomic mass is 35.5. The molecule has 0 fully saturated rings. The average molecular weight is 445 g/mol. The summed E-state index contributed by atoms with van der Waals surface area (Å²) in [4.78, 5) is 18.6. The van der Waals surface area contributed by atoms with Crippen molar-refractivity contribution in [1.29, 1.82) is 0 Å². The number of hydrogen-bond acceptors (Lipinski definition) is 5. The molecule has 168 valence electrons. The van der Waals surface area contributed by atoms with Gasteiger partial charge >= 0.3 is 0 Å². The molecule has 0 bridgehead atoms. The first-order valence-electron chi connectivity index (χ1n) is 10.6. The van der Waals surface area contributed by atoms with Gasteiger partial charge in [-0.3, -0.25) is 9.79 Å². The summed E-state index contributed by atoms with van der Waals surface area (Å²) in [6.07, 6.45) is 0.840. The van der Waals surface area contributed by atoms with E-state index in [-0.39, 0.29) is 37.0 Å². The van der Waals surface area contributed by atoms with Gasteiger partial charge in [0.1, 0.15) is 5.75 Å². The van der Waals surface area contributed by atoms with Gasteiger partial charge in [-0.1, -0.05) is 24.3 Å². The number of benzene rings is 2. The van der Waals surface area contributed by atoms with Crippen molar-refractivity contribution in [2.75, 3.05) is 25.0 Å². The maximum Gasteiger partial charge on any atom is 0.260 e. The number of ether oxygens (including phenoxy) is 1. The number of anilines is 1. The van der Waals surface area contributed by atoms with Gasteiger partial charge in [-0.25, -0.2) is 0 Å². The van der Waals surface area contributed by atoms with Crippen LogP contribution in [0.25, 0.3) is 0 Å². The second-order valence-corrected chi connectivity index (χ2v) is 8.08. The number of rotatable bonds is 8. The Kier molecular flexibility index (Phi) is 9.19. The second kappa shape index (κ2) is 11.6. The van der Waals surface area contributed by atoms with Crippen molar-refractivity contribution < 1.29 is 9.53 Å². The summed E-state index contributed by atoms with van der Waals surface area (Å²) in [6, 6.07) is 16.6. The zero-order valence-corrected chi connectivity index (χ0v) is 19.5. The Morgan fingerprint density at radius 2 is 1.61 bits per heavy atom. The first-order valence-corrected chi connectivity index (χ1v) is 10.6. The highest BCUT2D eigenvalue weighted by Gasteiger charge is 2.20. The normalized spacial score (nSPS) is 12.8. The van der Waals surface area contributed by atoms with Crippen LogP contribution >= 0.6 is 12.4 Å². The topological polar surface area (TPSA) is 66.0 Å². The highest BCUT2D eigenvalue weighted by Crippen LogP contribution is 2.18. The number of guanidine groups is 1. The van der Waals surface area contributed by atoms with Crippen molar-refractivity contribution in [3.8, 4) is 5.75 Å².